The number of pyridine rings is 1. The summed E-state index contributed by atoms with van der Waals surface area (Å²) in [4.78, 5) is 4.74. The van der Waals surface area contributed by atoms with Crippen molar-refractivity contribution in [2.75, 3.05) is 0 Å². The number of hydrazone groups is 1. The van der Waals surface area contributed by atoms with Crippen LogP contribution in [0.2, 0.25) is 0 Å². The predicted octanol–water partition coefficient (Wildman–Crippen LogP) is 5.34. The van der Waals surface area contributed by atoms with Crippen LogP contribution in [0.1, 0.15) is 17.0 Å². The number of halogens is 1. The van der Waals surface area contributed by atoms with Crippen LogP contribution in [0.15, 0.2) is 69.6 Å². The Morgan fingerprint density at radius 2 is 1.97 bits per heavy atom. The third-order valence-corrected chi connectivity index (χ3v) is 6.63. The Bertz CT molecular complexity index is 1310. The molecule has 0 aliphatic carbocycles. The highest BCUT2D eigenvalue weighted by atomic mass is 79.9. The predicted molar refractivity (Wildman–Crippen MR) is 130 cm³/mol. The molecule has 2 aromatic carbocycles. The zero-order chi connectivity index (χ0) is 20.7. The van der Waals surface area contributed by atoms with Gasteiger partial charge in [0, 0.05) is 27.8 Å². The zero-order valence-corrected chi connectivity index (χ0v) is 19.0. The van der Waals surface area contributed by atoms with Crippen LogP contribution < -0.4 is 10.7 Å². The van der Waals surface area contributed by atoms with Gasteiger partial charge in [0.15, 0.2) is 5.50 Å². The topological polar surface area (TPSA) is 54.2 Å². The molecule has 150 valence electrons. The highest BCUT2D eigenvalue weighted by Gasteiger charge is 2.17. The molecule has 4 aromatic rings. The number of nitrogens with one attached hydrogen (secondary N) is 2. The lowest BCUT2D eigenvalue weighted by atomic mass is 10.1. The van der Waals surface area contributed by atoms with Gasteiger partial charge in [-0.2, -0.15) is 5.10 Å². The molecule has 7 heteroatoms. The maximum absolute atomic E-state index is 4.74. The number of aryl methyl sites for hydroxylation is 2. The average molecular weight is 478 g/mol. The fourth-order valence-electron chi connectivity index (χ4n) is 3.86. The first-order chi connectivity index (χ1) is 14.6. The number of nitrogens with zero attached hydrogens (tertiary/aromatic N) is 3. The Kier molecular flexibility index (Phi) is 5.00. The molecule has 0 fully saturated rings. The molecule has 1 unspecified atom stereocenters. The van der Waals surface area contributed by atoms with E-state index >= 15 is 0 Å². The summed E-state index contributed by atoms with van der Waals surface area (Å²) in [5.74, 6) is 0. The Morgan fingerprint density at radius 3 is 2.80 bits per heavy atom. The zero-order valence-electron chi connectivity index (χ0n) is 16.6. The van der Waals surface area contributed by atoms with Crippen molar-refractivity contribution in [2.45, 2.75) is 12.4 Å². The van der Waals surface area contributed by atoms with Crippen LogP contribution in [0.5, 0.6) is 0 Å². The quantitative estimate of drug-likeness (QED) is 0.307. The second kappa shape index (κ2) is 7.81. The van der Waals surface area contributed by atoms with Gasteiger partial charge < -0.3 is 9.88 Å². The molecule has 1 atom stereocenters. The van der Waals surface area contributed by atoms with Crippen LogP contribution >= 0.6 is 27.7 Å². The molecule has 0 saturated heterocycles. The van der Waals surface area contributed by atoms with E-state index in [0.717, 1.165) is 32.6 Å². The number of rotatable bonds is 4. The molecule has 1 aliphatic rings. The molecule has 1 aliphatic heterocycles. The van der Waals surface area contributed by atoms with Crippen LogP contribution in [-0.2, 0) is 7.05 Å². The van der Waals surface area contributed by atoms with E-state index < -0.39 is 0 Å². The number of fused-ring (bicyclic) bond motifs is 3. The molecule has 0 saturated carbocycles. The highest BCUT2D eigenvalue weighted by molar-refractivity contribution is 9.10. The van der Waals surface area contributed by atoms with Gasteiger partial charge in [0.1, 0.15) is 0 Å². The second-order valence-corrected chi connectivity index (χ2v) is 9.09. The van der Waals surface area contributed by atoms with Gasteiger partial charge in [-0.05, 0) is 42.2 Å². The Morgan fingerprint density at radius 1 is 1.17 bits per heavy atom. The fourth-order valence-corrected chi connectivity index (χ4v) is 4.92. The molecule has 5 nitrogen and oxygen atoms in total. The standard InChI is InChI=1S/C23H20BrN5S/c1-14-22-19(18-5-3-4-6-21(18)29(22)2)11-17(26-14)12-25-28-23-27-20(13-30-23)15-7-9-16(24)10-8-15/h3-13,23,27-28H,1-2H3. The number of thioether (sulfide) groups is 1. The molecule has 0 bridgehead atoms. The molecule has 0 radical (unpaired) electrons. The van der Waals surface area contributed by atoms with Crippen molar-refractivity contribution in [1.82, 2.24) is 20.3 Å². The number of hydrogen-bond donors (Lipinski definition) is 2. The van der Waals surface area contributed by atoms with Gasteiger partial charge in [0.05, 0.1) is 28.8 Å². The van der Waals surface area contributed by atoms with Gasteiger partial charge in [-0.1, -0.05) is 58.0 Å². The number of para-hydroxylation sites is 1. The molecule has 3 heterocycles. The van der Waals surface area contributed by atoms with Crippen molar-refractivity contribution >= 4 is 61.4 Å². The van der Waals surface area contributed by atoms with Crippen LogP contribution in [0.25, 0.3) is 27.5 Å². The van der Waals surface area contributed by atoms with E-state index in [1.54, 1.807) is 18.0 Å². The van der Waals surface area contributed by atoms with E-state index in [1.807, 2.05) is 12.1 Å². The summed E-state index contributed by atoms with van der Waals surface area (Å²) in [5.41, 5.74) is 9.61. The van der Waals surface area contributed by atoms with Gasteiger partial charge in [0.25, 0.3) is 0 Å². The first-order valence-electron chi connectivity index (χ1n) is 9.61. The lowest BCUT2D eigenvalue weighted by Gasteiger charge is -2.12. The minimum Gasteiger partial charge on any atom is -0.355 e. The third-order valence-electron chi connectivity index (χ3n) is 5.23. The summed E-state index contributed by atoms with van der Waals surface area (Å²) in [6.07, 6.45) is 1.79. The SMILES string of the molecule is Cc1nc(C=NNC2NC(c3ccc(Br)cc3)=CS2)cc2c3ccccc3n(C)c12. The van der Waals surface area contributed by atoms with Crippen LogP contribution in [0.4, 0.5) is 0 Å². The van der Waals surface area contributed by atoms with Gasteiger partial charge in [-0.15, -0.1) is 0 Å². The van der Waals surface area contributed by atoms with Gasteiger partial charge in [-0.25, -0.2) is 4.98 Å². The van der Waals surface area contributed by atoms with Gasteiger partial charge in [0.2, 0.25) is 0 Å². The van der Waals surface area contributed by atoms with E-state index in [0.29, 0.717) is 0 Å². The lowest BCUT2D eigenvalue weighted by molar-refractivity contribution is 0.657. The molecule has 30 heavy (non-hydrogen) atoms. The maximum atomic E-state index is 4.74. The third kappa shape index (κ3) is 3.48. The molecule has 2 aromatic heterocycles. The largest absolute Gasteiger partial charge is 0.355 e. The van der Waals surface area contributed by atoms with Crippen LogP contribution in [0.3, 0.4) is 0 Å². The lowest BCUT2D eigenvalue weighted by Crippen LogP contribution is -2.31. The van der Waals surface area contributed by atoms with E-state index in [2.05, 4.69) is 98.2 Å². The van der Waals surface area contributed by atoms with Crippen molar-refractivity contribution in [3.63, 3.8) is 0 Å². The van der Waals surface area contributed by atoms with E-state index in [1.165, 1.54) is 16.3 Å². The van der Waals surface area contributed by atoms with Crippen molar-refractivity contribution in [3.8, 4) is 0 Å². The molecular formula is C23H20BrN5S. The van der Waals surface area contributed by atoms with Gasteiger partial charge in [-0.3, -0.25) is 5.43 Å². The summed E-state index contributed by atoms with van der Waals surface area (Å²) in [6, 6.07) is 18.8. The maximum Gasteiger partial charge on any atom is 0.165 e. The first kappa shape index (κ1) is 19.2. The summed E-state index contributed by atoms with van der Waals surface area (Å²) < 4.78 is 3.28. The van der Waals surface area contributed by atoms with E-state index in [9.17, 15) is 0 Å². The van der Waals surface area contributed by atoms with Crippen molar-refractivity contribution in [2.24, 2.45) is 12.1 Å². The van der Waals surface area contributed by atoms with E-state index in [4.69, 9.17) is 4.98 Å². The summed E-state index contributed by atoms with van der Waals surface area (Å²) >= 11 is 5.14. The Labute approximate surface area is 187 Å². The molecule has 0 spiro atoms. The van der Waals surface area contributed by atoms with Crippen LogP contribution in [-0.4, -0.2) is 21.3 Å². The Balaban J connectivity index is 1.33. The Hall–Kier alpha value is -2.77. The molecular weight excluding hydrogens is 458 g/mol. The molecule has 5 rings (SSSR count). The van der Waals surface area contributed by atoms with E-state index in [-0.39, 0.29) is 5.50 Å². The minimum absolute atomic E-state index is 0.0118. The summed E-state index contributed by atoms with van der Waals surface area (Å²) in [7, 11) is 2.09. The van der Waals surface area contributed by atoms with Gasteiger partial charge >= 0.3 is 0 Å². The minimum atomic E-state index is -0.0118. The highest BCUT2D eigenvalue weighted by Crippen LogP contribution is 2.30. The first-order valence-corrected chi connectivity index (χ1v) is 11.4. The monoisotopic (exact) mass is 477 g/mol. The fraction of sp³-hybridized carbons (Fsp3) is 0.130. The second-order valence-electron chi connectivity index (χ2n) is 7.19. The van der Waals surface area contributed by atoms with Crippen molar-refractivity contribution in [3.05, 3.63) is 81.4 Å². The van der Waals surface area contributed by atoms with Crippen molar-refractivity contribution in [1.29, 1.82) is 0 Å². The number of aromatic nitrogens is 2. The summed E-state index contributed by atoms with van der Waals surface area (Å²) in [5, 5.41) is 12.4. The molecule has 2 N–H and O–H groups in total. The number of hydrogen-bond acceptors (Lipinski definition) is 5. The smallest absolute Gasteiger partial charge is 0.165 e. The average Bonchev–Trinajstić information content (AvgIpc) is 3.33. The summed E-state index contributed by atoms with van der Waals surface area (Å²) in [6.45, 7) is 2.05. The normalized spacial score (nSPS) is 16.4. The molecule has 0 amide bonds. The van der Waals surface area contributed by atoms with Crippen LogP contribution in [0, 0.1) is 6.92 Å². The van der Waals surface area contributed by atoms with Crippen molar-refractivity contribution < 1.29 is 0 Å². The number of benzene rings is 2.